The van der Waals surface area contributed by atoms with Crippen molar-refractivity contribution in [2.45, 2.75) is 32.1 Å². The Bertz CT molecular complexity index is 942. The number of rotatable bonds is 5. The van der Waals surface area contributed by atoms with Crippen molar-refractivity contribution in [2.75, 3.05) is 5.32 Å². The van der Waals surface area contributed by atoms with Crippen molar-refractivity contribution in [3.05, 3.63) is 78.3 Å². The Kier molecular flexibility index (Phi) is 5.10. The minimum Gasteiger partial charge on any atom is -0.310 e. The first-order valence-electron chi connectivity index (χ1n) is 9.33. The average molecular weight is 358 g/mol. The number of pyridine rings is 1. The van der Waals surface area contributed by atoms with Gasteiger partial charge in [-0.15, -0.1) is 0 Å². The number of carbonyl (C=O) groups excluding carboxylic acids is 1. The number of para-hydroxylation sites is 1. The first kappa shape index (κ1) is 17.2. The third-order valence-electron chi connectivity index (χ3n) is 4.70. The second-order valence-electron chi connectivity index (χ2n) is 6.72. The molecule has 0 aliphatic heterocycles. The van der Waals surface area contributed by atoms with Gasteiger partial charge in [-0.25, -0.2) is 9.67 Å². The van der Waals surface area contributed by atoms with Crippen LogP contribution in [-0.2, 0) is 11.2 Å². The smallest absolute Gasteiger partial charge is 0.231 e. The molecule has 0 unspecified atom stereocenters. The summed E-state index contributed by atoms with van der Waals surface area (Å²) in [7, 11) is 0. The SMILES string of the molecule is O=C(Cc1ccn(-c2ccccc2)n1)Nc1ccc(C2=CCCCC2)cn1. The van der Waals surface area contributed by atoms with Gasteiger partial charge in [0.2, 0.25) is 5.91 Å². The van der Waals surface area contributed by atoms with Crippen LogP contribution in [0.25, 0.3) is 11.3 Å². The molecule has 0 bridgehead atoms. The van der Waals surface area contributed by atoms with Crippen molar-refractivity contribution in [3.8, 4) is 5.69 Å². The van der Waals surface area contributed by atoms with Gasteiger partial charge in [-0.05, 0) is 67.2 Å². The van der Waals surface area contributed by atoms with Gasteiger partial charge in [0, 0.05) is 12.4 Å². The zero-order chi connectivity index (χ0) is 18.5. The third kappa shape index (κ3) is 4.31. The van der Waals surface area contributed by atoms with Crippen molar-refractivity contribution >= 4 is 17.3 Å². The Morgan fingerprint density at radius 1 is 1.07 bits per heavy atom. The molecular weight excluding hydrogens is 336 g/mol. The molecule has 5 nitrogen and oxygen atoms in total. The van der Waals surface area contributed by atoms with E-state index in [-0.39, 0.29) is 12.3 Å². The fraction of sp³-hybridized carbons (Fsp3) is 0.227. The molecule has 1 N–H and O–H groups in total. The van der Waals surface area contributed by atoms with Crippen LogP contribution in [0.15, 0.2) is 67.0 Å². The summed E-state index contributed by atoms with van der Waals surface area (Å²) in [6, 6.07) is 15.6. The van der Waals surface area contributed by atoms with Crippen molar-refractivity contribution in [1.82, 2.24) is 14.8 Å². The molecule has 1 aromatic carbocycles. The maximum Gasteiger partial charge on any atom is 0.231 e. The van der Waals surface area contributed by atoms with Crippen LogP contribution < -0.4 is 5.32 Å². The number of anilines is 1. The second kappa shape index (κ2) is 7.99. The van der Waals surface area contributed by atoms with Crippen LogP contribution in [0.5, 0.6) is 0 Å². The van der Waals surface area contributed by atoms with Gasteiger partial charge in [-0.1, -0.05) is 24.3 Å². The molecule has 5 heteroatoms. The Morgan fingerprint density at radius 2 is 1.96 bits per heavy atom. The first-order chi connectivity index (χ1) is 13.3. The fourth-order valence-corrected chi connectivity index (χ4v) is 3.29. The lowest BCUT2D eigenvalue weighted by atomic mass is 9.95. The van der Waals surface area contributed by atoms with E-state index in [1.54, 1.807) is 4.68 Å². The third-order valence-corrected chi connectivity index (χ3v) is 4.70. The van der Waals surface area contributed by atoms with E-state index < -0.39 is 0 Å². The number of hydrogen-bond donors (Lipinski definition) is 1. The number of nitrogens with zero attached hydrogens (tertiary/aromatic N) is 3. The molecule has 1 amide bonds. The molecule has 2 aromatic heterocycles. The largest absolute Gasteiger partial charge is 0.310 e. The van der Waals surface area contributed by atoms with Crippen LogP contribution in [0, 0.1) is 0 Å². The number of benzene rings is 1. The van der Waals surface area contributed by atoms with E-state index in [4.69, 9.17) is 0 Å². The van der Waals surface area contributed by atoms with Crippen LogP contribution >= 0.6 is 0 Å². The Morgan fingerprint density at radius 3 is 2.70 bits per heavy atom. The number of hydrogen-bond acceptors (Lipinski definition) is 3. The average Bonchev–Trinajstić information content (AvgIpc) is 3.18. The summed E-state index contributed by atoms with van der Waals surface area (Å²) in [6.07, 6.45) is 11.0. The topological polar surface area (TPSA) is 59.8 Å². The lowest BCUT2D eigenvalue weighted by molar-refractivity contribution is -0.115. The van der Waals surface area contributed by atoms with E-state index in [1.165, 1.54) is 18.4 Å². The van der Waals surface area contributed by atoms with Crippen molar-refractivity contribution in [2.24, 2.45) is 0 Å². The summed E-state index contributed by atoms with van der Waals surface area (Å²) < 4.78 is 1.77. The van der Waals surface area contributed by atoms with E-state index in [1.807, 2.05) is 60.9 Å². The summed E-state index contributed by atoms with van der Waals surface area (Å²) in [4.78, 5) is 16.7. The highest BCUT2D eigenvalue weighted by Crippen LogP contribution is 2.26. The minimum atomic E-state index is -0.120. The van der Waals surface area contributed by atoms with E-state index in [9.17, 15) is 4.79 Å². The minimum absolute atomic E-state index is 0.120. The molecule has 0 radical (unpaired) electrons. The van der Waals surface area contributed by atoms with Crippen molar-refractivity contribution in [3.63, 3.8) is 0 Å². The maximum absolute atomic E-state index is 12.3. The van der Waals surface area contributed by atoms with Gasteiger partial charge in [-0.2, -0.15) is 5.10 Å². The van der Waals surface area contributed by atoms with Gasteiger partial charge in [0.15, 0.2) is 0 Å². The van der Waals surface area contributed by atoms with Crippen molar-refractivity contribution < 1.29 is 4.79 Å². The van der Waals surface area contributed by atoms with Gasteiger partial charge in [0.25, 0.3) is 0 Å². The molecule has 1 aliphatic carbocycles. The predicted molar refractivity (Wildman–Crippen MR) is 107 cm³/mol. The zero-order valence-corrected chi connectivity index (χ0v) is 15.1. The Labute approximate surface area is 158 Å². The summed E-state index contributed by atoms with van der Waals surface area (Å²) in [5.74, 6) is 0.452. The zero-order valence-electron chi connectivity index (χ0n) is 15.1. The Balaban J connectivity index is 1.37. The normalized spacial score (nSPS) is 13.9. The molecule has 4 rings (SSSR count). The van der Waals surface area contributed by atoms with Gasteiger partial charge < -0.3 is 5.32 Å². The molecular formula is C22H22N4O. The standard InChI is InChI=1S/C22H22N4O/c27-22(15-19-13-14-26(25-19)20-9-5-2-6-10-20)24-21-12-11-18(16-23-21)17-7-3-1-4-8-17/h2,5-7,9-14,16H,1,3-4,8,15H2,(H,23,24,27). The molecule has 2 heterocycles. The van der Waals surface area contributed by atoms with Gasteiger partial charge in [0.1, 0.15) is 5.82 Å². The second-order valence-corrected chi connectivity index (χ2v) is 6.72. The molecule has 0 atom stereocenters. The highest BCUT2D eigenvalue weighted by Gasteiger charge is 2.10. The number of nitrogens with one attached hydrogen (secondary N) is 1. The van der Waals surface area contributed by atoms with Crippen LogP contribution in [-0.4, -0.2) is 20.7 Å². The fourth-order valence-electron chi connectivity index (χ4n) is 3.29. The predicted octanol–water partition coefficient (Wildman–Crippen LogP) is 4.41. The summed E-state index contributed by atoms with van der Waals surface area (Å²) in [5.41, 5.74) is 4.20. The first-order valence-corrected chi connectivity index (χ1v) is 9.33. The molecule has 0 spiro atoms. The number of carbonyl (C=O) groups is 1. The molecule has 0 saturated heterocycles. The molecule has 136 valence electrons. The molecule has 0 saturated carbocycles. The van der Waals surface area contributed by atoms with Crippen LogP contribution in [0.2, 0.25) is 0 Å². The highest BCUT2D eigenvalue weighted by molar-refractivity contribution is 5.91. The van der Waals surface area contributed by atoms with Crippen LogP contribution in [0.1, 0.15) is 36.9 Å². The van der Waals surface area contributed by atoms with E-state index >= 15 is 0 Å². The Hall–Kier alpha value is -3.21. The van der Waals surface area contributed by atoms with E-state index in [0.717, 1.165) is 29.8 Å². The monoisotopic (exact) mass is 358 g/mol. The van der Waals surface area contributed by atoms with Gasteiger partial charge >= 0.3 is 0 Å². The number of amides is 1. The van der Waals surface area contributed by atoms with Crippen LogP contribution in [0.3, 0.4) is 0 Å². The number of allylic oxidation sites excluding steroid dienone is 2. The summed E-state index contributed by atoms with van der Waals surface area (Å²) >= 11 is 0. The highest BCUT2D eigenvalue weighted by atomic mass is 16.1. The maximum atomic E-state index is 12.3. The quantitative estimate of drug-likeness (QED) is 0.735. The van der Waals surface area contributed by atoms with Gasteiger partial charge in [-0.3, -0.25) is 4.79 Å². The lowest BCUT2D eigenvalue weighted by Crippen LogP contribution is -2.15. The lowest BCUT2D eigenvalue weighted by Gasteiger charge is -2.13. The van der Waals surface area contributed by atoms with E-state index in [0.29, 0.717) is 5.82 Å². The number of aromatic nitrogens is 3. The van der Waals surface area contributed by atoms with E-state index in [2.05, 4.69) is 21.5 Å². The molecule has 3 aromatic rings. The summed E-state index contributed by atoms with van der Waals surface area (Å²) in [5, 5.41) is 7.32. The van der Waals surface area contributed by atoms with Crippen molar-refractivity contribution in [1.29, 1.82) is 0 Å². The molecule has 1 aliphatic rings. The molecule has 0 fully saturated rings. The van der Waals surface area contributed by atoms with Gasteiger partial charge in [0.05, 0.1) is 17.8 Å². The summed E-state index contributed by atoms with van der Waals surface area (Å²) in [6.45, 7) is 0. The van der Waals surface area contributed by atoms with Crippen LogP contribution in [0.4, 0.5) is 5.82 Å². The molecule has 27 heavy (non-hydrogen) atoms.